The SMILES string of the molecule is Cc1ccc(S(=O)(=O)O)cc1.Cc1ccc(S(=O)(=O)O)cc1.c1cc(-c2cncc(N3C[C@@H]4CN[C@@H]4C3)n2)c2cc[nH]c2c1. The van der Waals surface area contributed by atoms with Crippen molar-refractivity contribution in [1.29, 1.82) is 0 Å². The number of fused-ring (bicyclic) bond motifs is 2. The molecule has 44 heavy (non-hydrogen) atoms. The summed E-state index contributed by atoms with van der Waals surface area (Å²) in [5, 5.41) is 4.67. The maximum absolute atomic E-state index is 10.5. The lowest BCUT2D eigenvalue weighted by molar-refractivity contribution is 0.297. The van der Waals surface area contributed by atoms with E-state index in [-0.39, 0.29) is 9.79 Å². The highest BCUT2D eigenvalue weighted by molar-refractivity contribution is 7.86. The van der Waals surface area contributed by atoms with Gasteiger partial charge in [0.15, 0.2) is 0 Å². The Morgan fingerprint density at radius 1 is 0.795 bits per heavy atom. The van der Waals surface area contributed by atoms with Gasteiger partial charge in [0.25, 0.3) is 20.2 Å². The number of hydrogen-bond donors (Lipinski definition) is 4. The molecule has 0 saturated carbocycles. The average molecular weight is 636 g/mol. The van der Waals surface area contributed by atoms with Gasteiger partial charge in [-0.15, -0.1) is 0 Å². The van der Waals surface area contributed by atoms with E-state index in [9.17, 15) is 16.8 Å². The van der Waals surface area contributed by atoms with Crippen molar-refractivity contribution in [2.24, 2.45) is 5.92 Å². The van der Waals surface area contributed by atoms with E-state index in [1.807, 2.05) is 32.4 Å². The molecule has 0 unspecified atom stereocenters. The summed E-state index contributed by atoms with van der Waals surface area (Å²) in [4.78, 5) is 14.8. The normalized spacial score (nSPS) is 17.5. The van der Waals surface area contributed by atoms with Gasteiger partial charge < -0.3 is 15.2 Å². The molecule has 4 heterocycles. The number of aromatic amines is 1. The average Bonchev–Trinajstić information content (AvgIpc) is 3.57. The van der Waals surface area contributed by atoms with E-state index in [1.165, 1.54) is 29.7 Å². The van der Waals surface area contributed by atoms with Crippen LogP contribution >= 0.6 is 0 Å². The fourth-order valence-corrected chi connectivity index (χ4v) is 5.97. The first-order chi connectivity index (χ1) is 20.9. The van der Waals surface area contributed by atoms with Crippen molar-refractivity contribution in [3.8, 4) is 11.3 Å². The van der Waals surface area contributed by atoms with E-state index in [0.29, 0.717) is 6.04 Å². The van der Waals surface area contributed by atoms with E-state index < -0.39 is 20.2 Å². The van der Waals surface area contributed by atoms with Gasteiger partial charge in [-0.2, -0.15) is 16.8 Å². The molecule has 5 aromatic rings. The van der Waals surface area contributed by atoms with Gasteiger partial charge >= 0.3 is 0 Å². The number of nitrogens with one attached hydrogen (secondary N) is 2. The van der Waals surface area contributed by atoms with Crippen molar-refractivity contribution in [1.82, 2.24) is 20.3 Å². The smallest absolute Gasteiger partial charge is 0.294 e. The van der Waals surface area contributed by atoms with Crippen molar-refractivity contribution >= 4 is 37.0 Å². The number of nitrogens with zero attached hydrogens (tertiary/aromatic N) is 3. The third kappa shape index (κ3) is 7.49. The van der Waals surface area contributed by atoms with Crippen molar-refractivity contribution in [3.05, 3.63) is 103 Å². The van der Waals surface area contributed by atoms with Gasteiger partial charge in [-0.25, -0.2) is 4.98 Å². The molecule has 2 aromatic heterocycles. The van der Waals surface area contributed by atoms with Crippen LogP contribution in [0, 0.1) is 19.8 Å². The predicted octanol–water partition coefficient (Wildman–Crippen LogP) is 4.52. The highest BCUT2D eigenvalue weighted by atomic mass is 32.2. The second kappa shape index (κ2) is 12.8. The van der Waals surface area contributed by atoms with Gasteiger partial charge in [0.05, 0.1) is 27.9 Å². The molecular weight excluding hydrogens is 603 g/mol. The van der Waals surface area contributed by atoms with Crippen molar-refractivity contribution in [2.45, 2.75) is 29.7 Å². The monoisotopic (exact) mass is 635 g/mol. The summed E-state index contributed by atoms with van der Waals surface area (Å²) in [5.74, 6) is 1.76. The molecule has 0 amide bonds. The van der Waals surface area contributed by atoms with E-state index in [4.69, 9.17) is 14.1 Å². The molecule has 2 atom stereocenters. The van der Waals surface area contributed by atoms with Crippen LogP contribution in [0.5, 0.6) is 0 Å². The van der Waals surface area contributed by atoms with Crippen molar-refractivity contribution in [2.75, 3.05) is 24.5 Å². The lowest BCUT2D eigenvalue weighted by atomic mass is 9.96. The zero-order chi connectivity index (χ0) is 31.5. The first-order valence-corrected chi connectivity index (χ1v) is 16.7. The predicted molar refractivity (Wildman–Crippen MR) is 169 cm³/mol. The summed E-state index contributed by atoms with van der Waals surface area (Å²) in [5.41, 5.74) is 5.12. The highest BCUT2D eigenvalue weighted by Gasteiger charge is 2.39. The Morgan fingerprint density at radius 3 is 1.91 bits per heavy atom. The molecule has 2 aliphatic rings. The van der Waals surface area contributed by atoms with Gasteiger partial charge in [-0.1, -0.05) is 47.5 Å². The van der Waals surface area contributed by atoms with Crippen LogP contribution in [0.4, 0.5) is 5.82 Å². The molecule has 7 rings (SSSR count). The first-order valence-electron chi connectivity index (χ1n) is 13.8. The summed E-state index contributed by atoms with van der Waals surface area (Å²) < 4.78 is 59.1. The molecular formula is C31H33N5O6S2. The molecule has 3 aromatic carbocycles. The lowest BCUT2D eigenvalue weighted by Crippen LogP contribution is -2.51. The number of benzene rings is 3. The summed E-state index contributed by atoms with van der Waals surface area (Å²) in [6.07, 6.45) is 5.70. The Labute approximate surface area is 256 Å². The minimum Gasteiger partial charge on any atom is -0.361 e. The van der Waals surface area contributed by atoms with E-state index in [2.05, 4.69) is 44.5 Å². The van der Waals surface area contributed by atoms with Crippen molar-refractivity contribution in [3.63, 3.8) is 0 Å². The molecule has 0 spiro atoms. The summed E-state index contributed by atoms with van der Waals surface area (Å²) in [7, 11) is -8.04. The van der Waals surface area contributed by atoms with Crippen LogP contribution in [-0.4, -0.2) is 66.6 Å². The van der Waals surface area contributed by atoms with E-state index in [0.717, 1.165) is 59.3 Å². The quantitative estimate of drug-likeness (QED) is 0.206. The largest absolute Gasteiger partial charge is 0.361 e. The fourth-order valence-electron chi connectivity index (χ4n) is 5.01. The number of rotatable bonds is 4. The second-order valence-corrected chi connectivity index (χ2v) is 13.6. The molecule has 0 aliphatic carbocycles. The van der Waals surface area contributed by atoms with Gasteiger partial charge in [0.2, 0.25) is 0 Å². The molecule has 4 N–H and O–H groups in total. The van der Waals surface area contributed by atoms with Crippen molar-refractivity contribution < 1.29 is 25.9 Å². The maximum Gasteiger partial charge on any atom is 0.294 e. The summed E-state index contributed by atoms with van der Waals surface area (Å²) in [6.45, 7) is 6.94. The van der Waals surface area contributed by atoms with Crippen LogP contribution in [0.15, 0.2) is 101 Å². The van der Waals surface area contributed by atoms with Crippen LogP contribution in [0.25, 0.3) is 22.2 Å². The maximum atomic E-state index is 10.5. The number of hydrogen-bond acceptors (Lipinski definition) is 8. The summed E-state index contributed by atoms with van der Waals surface area (Å²) >= 11 is 0. The zero-order valence-electron chi connectivity index (χ0n) is 24.1. The van der Waals surface area contributed by atoms with Crippen LogP contribution < -0.4 is 10.2 Å². The molecule has 13 heteroatoms. The topological polar surface area (TPSA) is 166 Å². The first kappa shape index (κ1) is 31.3. The number of anilines is 1. The third-order valence-electron chi connectivity index (χ3n) is 7.54. The highest BCUT2D eigenvalue weighted by Crippen LogP contribution is 2.30. The minimum absolute atomic E-state index is 0.0666. The van der Waals surface area contributed by atoms with Gasteiger partial charge in [-0.3, -0.25) is 14.1 Å². The molecule has 2 fully saturated rings. The Hall–Kier alpha value is -4.14. The van der Waals surface area contributed by atoms with Crippen LogP contribution in [0.1, 0.15) is 11.1 Å². The second-order valence-electron chi connectivity index (χ2n) is 10.8. The van der Waals surface area contributed by atoms with Gasteiger partial charge in [-0.05, 0) is 50.2 Å². The Morgan fingerprint density at radius 2 is 1.41 bits per heavy atom. The Kier molecular flexibility index (Phi) is 9.13. The lowest BCUT2D eigenvalue weighted by Gasteiger charge is -2.29. The number of aromatic nitrogens is 3. The van der Waals surface area contributed by atoms with Crippen LogP contribution in [-0.2, 0) is 20.2 Å². The molecule has 0 radical (unpaired) electrons. The molecule has 2 aliphatic heterocycles. The minimum atomic E-state index is -4.02. The molecule has 0 bridgehead atoms. The summed E-state index contributed by atoms with van der Waals surface area (Å²) in [6, 6.07) is 21.0. The molecule has 11 nitrogen and oxygen atoms in total. The van der Waals surface area contributed by atoms with Gasteiger partial charge in [0.1, 0.15) is 5.82 Å². The van der Waals surface area contributed by atoms with Gasteiger partial charge in [0, 0.05) is 54.3 Å². The standard InChI is InChI=1S/C17H17N5.2C7H8O3S/c1-2-12(13-4-5-19-14(13)3-1)15-7-18-8-17(21-15)22-9-11-6-20-16(11)10-22;2*1-6-2-4-7(5-3-6)11(8,9)10/h1-5,7-8,11,16,19-20H,6,9-10H2;2*2-5H,1H3,(H,8,9,10)/t11-,16+;;/m0../s1. The fraction of sp³-hybridized carbons (Fsp3) is 0.226. The molecule has 230 valence electrons. The Bertz CT molecular complexity index is 1880. The number of aryl methyl sites for hydroxylation is 2. The van der Waals surface area contributed by atoms with Crippen LogP contribution in [0.3, 0.4) is 0 Å². The number of H-pyrrole nitrogens is 1. The van der Waals surface area contributed by atoms with E-state index in [1.54, 1.807) is 24.3 Å². The molecule has 2 saturated heterocycles. The zero-order valence-corrected chi connectivity index (χ0v) is 25.8. The Balaban J connectivity index is 0.000000148. The van der Waals surface area contributed by atoms with Crippen LogP contribution in [0.2, 0.25) is 0 Å². The third-order valence-corrected chi connectivity index (χ3v) is 9.27. The van der Waals surface area contributed by atoms with E-state index >= 15 is 0 Å².